The smallest absolute Gasteiger partial charge is 0.237 e. The number of fused-ring (bicyclic) bond motifs is 2. The Balaban J connectivity index is 1.34. The molecule has 6 rings (SSSR count). The van der Waals surface area contributed by atoms with Crippen LogP contribution in [0.25, 0.3) is 21.8 Å². The summed E-state index contributed by atoms with van der Waals surface area (Å²) in [5.74, 6) is 1.75. The molecule has 6 N–H and O–H groups in total. The number of aromatic nitrogens is 5. The van der Waals surface area contributed by atoms with Gasteiger partial charge in [0.1, 0.15) is 17.4 Å². The van der Waals surface area contributed by atoms with E-state index in [0.717, 1.165) is 64.2 Å². The molecule has 0 aliphatic rings. The molecule has 3 heterocycles. The lowest BCUT2D eigenvalue weighted by atomic mass is 9.84. The average Bonchev–Trinajstić information content (AvgIpc) is 3.75. The molecule has 0 aliphatic carbocycles. The summed E-state index contributed by atoms with van der Waals surface area (Å²) in [5, 5.41) is 11.9. The van der Waals surface area contributed by atoms with Crippen LogP contribution in [0.15, 0.2) is 85.2 Å². The Labute approximate surface area is 256 Å². The fourth-order valence-corrected chi connectivity index (χ4v) is 6.13. The number of aryl methyl sites for hydroxylation is 2. The van der Waals surface area contributed by atoms with Crippen LogP contribution in [0.2, 0.25) is 0 Å². The van der Waals surface area contributed by atoms with Crippen molar-refractivity contribution < 1.29 is 9.53 Å². The van der Waals surface area contributed by atoms with Crippen LogP contribution < -0.4 is 16.2 Å². The van der Waals surface area contributed by atoms with Gasteiger partial charge in [0.2, 0.25) is 5.91 Å². The zero-order valence-electron chi connectivity index (χ0n) is 25.2. The summed E-state index contributed by atoms with van der Waals surface area (Å²) in [6, 6.07) is 24.6. The Morgan fingerprint density at radius 1 is 0.909 bits per heavy atom. The van der Waals surface area contributed by atoms with Gasteiger partial charge in [0.25, 0.3) is 0 Å². The number of hydrogen-bond acceptors (Lipinski definition) is 5. The highest BCUT2D eigenvalue weighted by Gasteiger charge is 2.34. The normalized spacial score (nSPS) is 13.7. The summed E-state index contributed by atoms with van der Waals surface area (Å²) in [4.78, 5) is 19.2. The van der Waals surface area contributed by atoms with Gasteiger partial charge in [-0.3, -0.25) is 4.79 Å². The second-order valence-corrected chi connectivity index (χ2v) is 11.9. The number of amides is 1. The average molecular weight is 590 g/mol. The number of hydrogen-bond donors (Lipinski definition) is 4. The van der Waals surface area contributed by atoms with Crippen molar-refractivity contribution in [2.45, 2.75) is 57.0 Å². The SMILES string of the molecule is COc1ccc(Cn2c(CCCc3c[nH]c4ccccc34)nnc2C(Cc2c[nH]c3ccccc23)CC(C)(N)C(N)=O)cc1. The van der Waals surface area contributed by atoms with Crippen LogP contribution in [0.5, 0.6) is 5.75 Å². The summed E-state index contributed by atoms with van der Waals surface area (Å²) in [6.45, 7) is 2.28. The van der Waals surface area contributed by atoms with E-state index in [9.17, 15) is 4.79 Å². The first kappa shape index (κ1) is 29.2. The number of ether oxygens (including phenoxy) is 1. The molecule has 9 heteroatoms. The molecule has 0 spiro atoms. The first-order chi connectivity index (χ1) is 21.3. The number of benzene rings is 3. The van der Waals surface area contributed by atoms with Gasteiger partial charge in [0, 0.05) is 46.5 Å². The highest BCUT2D eigenvalue weighted by atomic mass is 16.5. The molecule has 0 radical (unpaired) electrons. The van der Waals surface area contributed by atoms with E-state index >= 15 is 0 Å². The van der Waals surface area contributed by atoms with Crippen molar-refractivity contribution in [3.63, 3.8) is 0 Å². The van der Waals surface area contributed by atoms with Gasteiger partial charge in [-0.15, -0.1) is 10.2 Å². The predicted octanol–water partition coefficient (Wildman–Crippen LogP) is 5.39. The molecule has 0 bridgehead atoms. The van der Waals surface area contributed by atoms with E-state index in [2.05, 4.69) is 63.2 Å². The number of methoxy groups -OCH3 is 1. The van der Waals surface area contributed by atoms with Gasteiger partial charge in [-0.1, -0.05) is 48.5 Å². The molecule has 0 fully saturated rings. The van der Waals surface area contributed by atoms with Crippen molar-refractivity contribution >= 4 is 27.7 Å². The second kappa shape index (κ2) is 12.4. The number of aromatic amines is 2. The van der Waals surface area contributed by atoms with E-state index in [0.29, 0.717) is 19.4 Å². The van der Waals surface area contributed by atoms with Gasteiger partial charge in [-0.25, -0.2) is 0 Å². The number of nitrogens with zero attached hydrogens (tertiary/aromatic N) is 3. The molecule has 9 nitrogen and oxygen atoms in total. The molecule has 0 saturated carbocycles. The van der Waals surface area contributed by atoms with E-state index in [1.165, 1.54) is 10.9 Å². The Hall–Kier alpha value is -4.89. The van der Waals surface area contributed by atoms with Crippen LogP contribution in [-0.2, 0) is 30.6 Å². The maximum Gasteiger partial charge on any atom is 0.237 e. The van der Waals surface area contributed by atoms with Crippen LogP contribution in [0.4, 0.5) is 0 Å². The molecule has 0 aliphatic heterocycles. The first-order valence-corrected chi connectivity index (χ1v) is 15.1. The largest absolute Gasteiger partial charge is 0.497 e. The molecule has 3 aromatic heterocycles. The van der Waals surface area contributed by atoms with Crippen molar-refractivity contribution in [3.8, 4) is 5.75 Å². The lowest BCUT2D eigenvalue weighted by molar-refractivity contribution is -0.122. The fraction of sp³-hybridized carbons (Fsp3) is 0.286. The van der Waals surface area contributed by atoms with Crippen LogP contribution in [-0.4, -0.2) is 43.3 Å². The number of para-hydroxylation sites is 2. The zero-order chi connectivity index (χ0) is 30.7. The molecular formula is C35H39N7O2. The van der Waals surface area contributed by atoms with Crippen molar-refractivity contribution in [1.82, 2.24) is 24.7 Å². The minimum Gasteiger partial charge on any atom is -0.497 e. The second-order valence-electron chi connectivity index (χ2n) is 11.9. The van der Waals surface area contributed by atoms with Crippen LogP contribution in [0.1, 0.15) is 54.0 Å². The predicted molar refractivity (Wildman–Crippen MR) is 174 cm³/mol. The van der Waals surface area contributed by atoms with Crippen LogP contribution in [0.3, 0.4) is 0 Å². The standard InChI is InChI=1S/C35H39N7O2/c1-35(37,34(36)43)19-25(18-26-21-39-31-12-6-4-10-29(26)31)33-41-40-32(42(33)22-23-14-16-27(44-2)17-15-23)13-7-8-24-20-38-30-11-5-3-9-28(24)30/h3-6,9-12,14-17,20-21,25,38-39H,7-8,13,18-19,22,37H2,1-2H3,(H2,36,43). The monoisotopic (exact) mass is 589 g/mol. The highest BCUT2D eigenvalue weighted by molar-refractivity contribution is 5.85. The molecule has 0 saturated heterocycles. The molecule has 3 aromatic carbocycles. The van der Waals surface area contributed by atoms with Gasteiger partial charge >= 0.3 is 0 Å². The third-order valence-corrected chi connectivity index (χ3v) is 8.62. The van der Waals surface area contributed by atoms with Gasteiger partial charge in [0.15, 0.2) is 0 Å². The molecule has 2 atom stereocenters. The molecular weight excluding hydrogens is 550 g/mol. The van der Waals surface area contributed by atoms with E-state index in [1.54, 1.807) is 14.0 Å². The van der Waals surface area contributed by atoms with Crippen LogP contribution in [0, 0.1) is 0 Å². The number of carbonyl (C=O) groups is 1. The summed E-state index contributed by atoms with van der Waals surface area (Å²) in [5.41, 5.74) is 16.8. The molecule has 1 amide bonds. The minimum atomic E-state index is -1.22. The third kappa shape index (κ3) is 6.09. The maximum absolute atomic E-state index is 12.4. The van der Waals surface area contributed by atoms with E-state index in [4.69, 9.17) is 26.4 Å². The number of nitrogens with one attached hydrogen (secondary N) is 2. The number of primary amides is 1. The first-order valence-electron chi connectivity index (χ1n) is 15.1. The molecule has 2 unspecified atom stereocenters. The summed E-state index contributed by atoms with van der Waals surface area (Å²) in [7, 11) is 1.66. The fourth-order valence-electron chi connectivity index (χ4n) is 6.13. The van der Waals surface area contributed by atoms with Crippen molar-refractivity contribution in [2.75, 3.05) is 7.11 Å². The lowest BCUT2D eigenvalue weighted by Crippen LogP contribution is -2.50. The number of nitrogens with two attached hydrogens (primary N) is 2. The van der Waals surface area contributed by atoms with Gasteiger partial charge in [0.05, 0.1) is 19.2 Å². The van der Waals surface area contributed by atoms with Gasteiger partial charge in [-0.05, 0) is 73.6 Å². The van der Waals surface area contributed by atoms with E-state index in [-0.39, 0.29) is 5.92 Å². The molecule has 44 heavy (non-hydrogen) atoms. The third-order valence-electron chi connectivity index (χ3n) is 8.62. The lowest BCUT2D eigenvalue weighted by Gasteiger charge is -2.27. The number of H-pyrrole nitrogens is 2. The van der Waals surface area contributed by atoms with Crippen molar-refractivity contribution in [1.29, 1.82) is 0 Å². The highest BCUT2D eigenvalue weighted by Crippen LogP contribution is 2.32. The molecule has 6 aromatic rings. The topological polar surface area (TPSA) is 141 Å². The number of rotatable bonds is 13. The Bertz CT molecular complexity index is 1880. The Morgan fingerprint density at radius 2 is 1.55 bits per heavy atom. The minimum absolute atomic E-state index is 0.204. The zero-order valence-corrected chi connectivity index (χ0v) is 25.2. The quantitative estimate of drug-likeness (QED) is 0.143. The maximum atomic E-state index is 12.4. The summed E-state index contributed by atoms with van der Waals surface area (Å²) in [6.07, 6.45) is 7.65. The van der Waals surface area contributed by atoms with Crippen molar-refractivity contribution in [2.24, 2.45) is 11.5 Å². The van der Waals surface area contributed by atoms with E-state index in [1.807, 2.05) is 36.5 Å². The van der Waals surface area contributed by atoms with Gasteiger partial charge in [-0.2, -0.15) is 0 Å². The molecule has 226 valence electrons. The van der Waals surface area contributed by atoms with Crippen LogP contribution >= 0.6 is 0 Å². The van der Waals surface area contributed by atoms with Crippen molar-refractivity contribution in [3.05, 3.63) is 114 Å². The Kier molecular flexibility index (Phi) is 8.21. The number of carbonyl (C=O) groups excluding carboxylic acids is 1. The summed E-state index contributed by atoms with van der Waals surface area (Å²) >= 11 is 0. The van der Waals surface area contributed by atoms with Gasteiger partial charge < -0.3 is 30.7 Å². The van der Waals surface area contributed by atoms with E-state index < -0.39 is 11.4 Å². The Morgan fingerprint density at radius 3 is 2.20 bits per heavy atom. The summed E-state index contributed by atoms with van der Waals surface area (Å²) < 4.78 is 7.59.